The van der Waals surface area contributed by atoms with Crippen LogP contribution in [-0.2, 0) is 19.2 Å². The zero-order valence-electron chi connectivity index (χ0n) is 18.3. The molecule has 0 aliphatic carbocycles. The van der Waals surface area contributed by atoms with Crippen LogP contribution in [0.3, 0.4) is 0 Å². The van der Waals surface area contributed by atoms with Crippen LogP contribution in [0.4, 0.5) is 0 Å². The zero-order chi connectivity index (χ0) is 22.5. The van der Waals surface area contributed by atoms with E-state index in [1.807, 2.05) is 27.7 Å². The Morgan fingerprint density at radius 1 is 1.17 bits per heavy atom. The maximum absolute atomic E-state index is 12.8. The van der Waals surface area contributed by atoms with Gasteiger partial charge in [-0.1, -0.05) is 27.7 Å². The summed E-state index contributed by atoms with van der Waals surface area (Å²) in [4.78, 5) is 50.9. The second kappa shape index (κ2) is 10.0. The van der Waals surface area contributed by atoms with Crippen LogP contribution in [0.2, 0.25) is 0 Å². The lowest BCUT2D eigenvalue weighted by Gasteiger charge is -2.32. The molecule has 0 aromatic carbocycles. The number of carboxylic acids is 1. The number of nitrogens with two attached hydrogens (primary N) is 1. The summed E-state index contributed by atoms with van der Waals surface area (Å²) in [5.41, 5.74) is 4.62. The van der Waals surface area contributed by atoms with Crippen molar-refractivity contribution in [3.05, 3.63) is 0 Å². The van der Waals surface area contributed by atoms with Gasteiger partial charge in [-0.05, 0) is 44.9 Å². The Morgan fingerprint density at radius 2 is 1.76 bits per heavy atom. The molecular formula is C20H36N4O5. The molecule has 9 heteroatoms. The second-order valence-corrected chi connectivity index (χ2v) is 9.07. The van der Waals surface area contributed by atoms with Gasteiger partial charge in [-0.3, -0.25) is 14.4 Å². The quantitative estimate of drug-likeness (QED) is 0.434. The molecular weight excluding hydrogens is 376 g/mol. The second-order valence-electron chi connectivity index (χ2n) is 9.07. The average molecular weight is 413 g/mol. The molecule has 1 saturated heterocycles. The normalized spacial score (nSPS) is 19.2. The standard InChI is InChI=1S/C20H36N4O5/c1-11(2)10-13(18(27)28)22-19(29)20(5,6)23-16(25)14-8-7-9-24(14)17(26)15(21)12(3)4/h11-15H,7-10,21H2,1-6H3,(H,22,29)(H,23,25)(H,27,28)/t13-,14+,15-/m0/s1. The van der Waals surface area contributed by atoms with Crippen LogP contribution < -0.4 is 16.4 Å². The van der Waals surface area contributed by atoms with E-state index in [0.29, 0.717) is 19.4 Å². The number of likely N-dealkylation sites (tertiary alicyclic amines) is 1. The number of amides is 3. The van der Waals surface area contributed by atoms with Crippen molar-refractivity contribution in [3.63, 3.8) is 0 Å². The van der Waals surface area contributed by atoms with Gasteiger partial charge in [0, 0.05) is 6.54 Å². The molecule has 0 unspecified atom stereocenters. The van der Waals surface area contributed by atoms with E-state index in [-0.39, 0.29) is 24.2 Å². The number of rotatable bonds is 9. The van der Waals surface area contributed by atoms with Gasteiger partial charge < -0.3 is 26.4 Å². The first kappa shape index (κ1) is 24.9. The van der Waals surface area contributed by atoms with E-state index in [1.54, 1.807) is 0 Å². The highest BCUT2D eigenvalue weighted by molar-refractivity contribution is 5.96. The Hall–Kier alpha value is -2.16. The number of hydrogen-bond acceptors (Lipinski definition) is 5. The SMILES string of the molecule is CC(C)C[C@H](NC(=O)C(C)(C)NC(=O)[C@H]1CCCN1C(=O)[C@@H](N)C(C)C)C(=O)O. The number of carbonyl (C=O) groups excluding carboxylic acids is 3. The molecule has 1 aliphatic rings. The van der Waals surface area contributed by atoms with Crippen LogP contribution in [-0.4, -0.2) is 63.9 Å². The van der Waals surface area contributed by atoms with Crippen molar-refractivity contribution in [2.45, 2.75) is 84.5 Å². The molecule has 0 saturated carbocycles. The minimum absolute atomic E-state index is 0.0528. The molecule has 29 heavy (non-hydrogen) atoms. The molecule has 3 amide bonds. The minimum atomic E-state index is -1.33. The lowest BCUT2D eigenvalue weighted by molar-refractivity contribution is -0.144. The Bertz CT molecular complexity index is 632. The Morgan fingerprint density at radius 3 is 2.24 bits per heavy atom. The first-order chi connectivity index (χ1) is 13.3. The third kappa shape index (κ3) is 6.69. The van der Waals surface area contributed by atoms with Crippen molar-refractivity contribution in [1.82, 2.24) is 15.5 Å². The first-order valence-electron chi connectivity index (χ1n) is 10.2. The van der Waals surface area contributed by atoms with Crippen molar-refractivity contribution in [1.29, 1.82) is 0 Å². The van der Waals surface area contributed by atoms with E-state index in [1.165, 1.54) is 18.7 Å². The van der Waals surface area contributed by atoms with Crippen LogP contribution in [0.5, 0.6) is 0 Å². The van der Waals surface area contributed by atoms with Gasteiger partial charge in [-0.25, -0.2) is 4.79 Å². The van der Waals surface area contributed by atoms with E-state index >= 15 is 0 Å². The summed E-state index contributed by atoms with van der Waals surface area (Å²) in [5, 5.41) is 14.5. The topological polar surface area (TPSA) is 142 Å². The number of nitrogens with zero attached hydrogens (tertiary/aromatic N) is 1. The van der Waals surface area contributed by atoms with E-state index in [0.717, 1.165) is 0 Å². The summed E-state index contributed by atoms with van der Waals surface area (Å²) in [6.45, 7) is 10.9. The molecule has 3 atom stereocenters. The summed E-state index contributed by atoms with van der Waals surface area (Å²) >= 11 is 0. The van der Waals surface area contributed by atoms with Crippen LogP contribution in [0.1, 0.15) is 60.8 Å². The maximum atomic E-state index is 12.8. The predicted molar refractivity (Wildman–Crippen MR) is 109 cm³/mol. The molecule has 1 aliphatic heterocycles. The van der Waals surface area contributed by atoms with Gasteiger partial charge in [0.2, 0.25) is 17.7 Å². The van der Waals surface area contributed by atoms with E-state index in [4.69, 9.17) is 5.73 Å². The summed E-state index contributed by atoms with van der Waals surface area (Å²) in [6.07, 6.45) is 1.45. The Balaban J connectivity index is 2.83. The smallest absolute Gasteiger partial charge is 0.326 e. The minimum Gasteiger partial charge on any atom is -0.480 e. The zero-order valence-corrected chi connectivity index (χ0v) is 18.3. The fourth-order valence-electron chi connectivity index (χ4n) is 3.26. The highest BCUT2D eigenvalue weighted by atomic mass is 16.4. The predicted octanol–water partition coefficient (Wildman–Crippen LogP) is 0.471. The molecule has 1 rings (SSSR count). The fourth-order valence-corrected chi connectivity index (χ4v) is 3.26. The highest BCUT2D eigenvalue weighted by Gasteiger charge is 2.40. The van der Waals surface area contributed by atoms with Crippen molar-refractivity contribution < 1.29 is 24.3 Å². The molecule has 0 aromatic rings. The third-order valence-electron chi connectivity index (χ3n) is 5.16. The van der Waals surface area contributed by atoms with Crippen LogP contribution in [0.25, 0.3) is 0 Å². The average Bonchev–Trinajstić information content (AvgIpc) is 3.08. The Labute approximate surface area is 172 Å². The summed E-state index contributed by atoms with van der Waals surface area (Å²) in [6, 6.07) is -2.41. The summed E-state index contributed by atoms with van der Waals surface area (Å²) in [5.74, 6) is -2.40. The van der Waals surface area contributed by atoms with Gasteiger partial charge in [0.05, 0.1) is 6.04 Å². The van der Waals surface area contributed by atoms with Gasteiger partial charge in [-0.15, -0.1) is 0 Å². The number of hydrogen-bond donors (Lipinski definition) is 4. The number of aliphatic carboxylic acids is 1. The molecule has 9 nitrogen and oxygen atoms in total. The monoisotopic (exact) mass is 412 g/mol. The van der Waals surface area contributed by atoms with E-state index < -0.39 is 41.4 Å². The van der Waals surface area contributed by atoms with Crippen molar-refractivity contribution in [2.75, 3.05) is 6.54 Å². The summed E-state index contributed by atoms with van der Waals surface area (Å²) in [7, 11) is 0. The van der Waals surface area contributed by atoms with Gasteiger partial charge in [-0.2, -0.15) is 0 Å². The molecule has 0 bridgehead atoms. The first-order valence-corrected chi connectivity index (χ1v) is 10.2. The lowest BCUT2D eigenvalue weighted by atomic mass is 9.99. The molecule has 0 aromatic heterocycles. The molecule has 5 N–H and O–H groups in total. The largest absolute Gasteiger partial charge is 0.480 e. The van der Waals surface area contributed by atoms with Crippen molar-refractivity contribution in [2.24, 2.45) is 17.6 Å². The van der Waals surface area contributed by atoms with Gasteiger partial charge in [0.25, 0.3) is 0 Å². The molecule has 1 fully saturated rings. The number of carboxylic acid groups (broad SMARTS) is 1. The van der Waals surface area contributed by atoms with E-state index in [9.17, 15) is 24.3 Å². The highest BCUT2D eigenvalue weighted by Crippen LogP contribution is 2.21. The summed E-state index contributed by atoms with van der Waals surface area (Å²) < 4.78 is 0. The number of carbonyl (C=O) groups is 4. The van der Waals surface area contributed by atoms with Crippen LogP contribution >= 0.6 is 0 Å². The molecule has 0 radical (unpaired) electrons. The van der Waals surface area contributed by atoms with Gasteiger partial charge in [0.15, 0.2) is 0 Å². The van der Waals surface area contributed by atoms with Crippen molar-refractivity contribution >= 4 is 23.7 Å². The van der Waals surface area contributed by atoms with E-state index in [2.05, 4.69) is 10.6 Å². The lowest BCUT2D eigenvalue weighted by Crippen LogP contribution is -2.61. The van der Waals surface area contributed by atoms with Crippen molar-refractivity contribution in [3.8, 4) is 0 Å². The number of nitrogens with one attached hydrogen (secondary N) is 2. The van der Waals surface area contributed by atoms with Gasteiger partial charge in [0.1, 0.15) is 17.6 Å². The molecule has 1 heterocycles. The Kier molecular flexibility index (Phi) is 8.62. The fraction of sp³-hybridized carbons (Fsp3) is 0.800. The third-order valence-corrected chi connectivity index (χ3v) is 5.16. The van der Waals surface area contributed by atoms with Crippen LogP contribution in [0, 0.1) is 11.8 Å². The maximum Gasteiger partial charge on any atom is 0.326 e. The molecule has 0 spiro atoms. The molecule has 166 valence electrons. The van der Waals surface area contributed by atoms with Gasteiger partial charge >= 0.3 is 5.97 Å². The van der Waals surface area contributed by atoms with Crippen LogP contribution in [0.15, 0.2) is 0 Å².